The summed E-state index contributed by atoms with van der Waals surface area (Å²) in [6.45, 7) is 10.2. The zero-order valence-electron chi connectivity index (χ0n) is 17.2. The Morgan fingerprint density at radius 3 is 2.72 bits per heavy atom. The fraction of sp³-hybridized carbons (Fsp3) is 0.591. The van der Waals surface area contributed by atoms with E-state index in [1.165, 1.54) is 17.3 Å². The van der Waals surface area contributed by atoms with Gasteiger partial charge in [-0.25, -0.2) is 8.78 Å². The predicted molar refractivity (Wildman–Crippen MR) is 112 cm³/mol. The molecule has 29 heavy (non-hydrogen) atoms. The molecule has 0 saturated carbocycles. The summed E-state index contributed by atoms with van der Waals surface area (Å²) in [7, 11) is 0. The highest BCUT2D eigenvalue weighted by Crippen LogP contribution is 2.36. The second-order valence-corrected chi connectivity index (χ2v) is 8.17. The molecular weight excluding hydrogens is 372 g/mol. The molecule has 4 rings (SSSR count). The van der Waals surface area contributed by atoms with Gasteiger partial charge in [0, 0.05) is 48.6 Å². The van der Waals surface area contributed by atoms with Gasteiger partial charge in [-0.05, 0) is 57.3 Å². The number of allylic oxidation sites excluding steroid dienone is 4. The molecule has 0 bridgehead atoms. The van der Waals surface area contributed by atoms with E-state index in [4.69, 9.17) is 5.10 Å². The number of halogens is 2. The Hall–Kier alpha value is -1.99. The van der Waals surface area contributed by atoms with Crippen LogP contribution in [0.4, 0.5) is 14.6 Å². The van der Waals surface area contributed by atoms with Crippen molar-refractivity contribution in [1.82, 2.24) is 20.4 Å². The lowest BCUT2D eigenvalue weighted by Crippen LogP contribution is -2.32. The smallest absolute Gasteiger partial charge is 0.263 e. The molecule has 0 aromatic carbocycles. The second kappa shape index (κ2) is 8.79. The van der Waals surface area contributed by atoms with Crippen molar-refractivity contribution in [1.29, 1.82) is 0 Å². The maximum atomic E-state index is 13.4. The summed E-state index contributed by atoms with van der Waals surface area (Å²) in [6.07, 6.45) is 5.39. The lowest BCUT2D eigenvalue weighted by Gasteiger charge is -2.31. The molecule has 5 nitrogen and oxygen atoms in total. The second-order valence-electron chi connectivity index (χ2n) is 8.17. The Balaban J connectivity index is 1.77. The number of hydrogen-bond acceptors (Lipinski definition) is 4. The number of fused-ring (bicyclic) bond motifs is 1. The molecule has 0 spiro atoms. The van der Waals surface area contributed by atoms with Crippen LogP contribution in [-0.4, -0.2) is 42.4 Å². The zero-order chi connectivity index (χ0) is 20.4. The molecule has 3 aliphatic rings. The minimum Gasteiger partial charge on any atom is -0.325 e. The van der Waals surface area contributed by atoms with Gasteiger partial charge in [-0.2, -0.15) is 5.10 Å². The average Bonchev–Trinajstić information content (AvgIpc) is 3.13. The van der Waals surface area contributed by atoms with Crippen molar-refractivity contribution in [3.8, 4) is 0 Å². The van der Waals surface area contributed by atoms with Crippen molar-refractivity contribution in [3.05, 3.63) is 46.8 Å². The van der Waals surface area contributed by atoms with Gasteiger partial charge >= 0.3 is 0 Å². The predicted octanol–water partition coefficient (Wildman–Crippen LogP) is 3.71. The molecule has 0 atom stereocenters. The number of rotatable bonds is 5. The number of hydrogen-bond donors (Lipinski definition) is 2. The summed E-state index contributed by atoms with van der Waals surface area (Å²) in [5.41, 5.74) is 4.50. The van der Waals surface area contributed by atoms with E-state index in [9.17, 15) is 8.78 Å². The molecular formula is C22H31F2N5. The summed E-state index contributed by atoms with van der Waals surface area (Å²) in [6, 6.07) is 0.413. The van der Waals surface area contributed by atoms with Gasteiger partial charge in [0.2, 0.25) is 0 Å². The van der Waals surface area contributed by atoms with Crippen molar-refractivity contribution in [3.63, 3.8) is 0 Å². The summed E-state index contributed by atoms with van der Waals surface area (Å²) < 4.78 is 29.1. The van der Waals surface area contributed by atoms with Gasteiger partial charge in [-0.3, -0.25) is 4.68 Å². The van der Waals surface area contributed by atoms with Crippen LogP contribution in [0.1, 0.15) is 49.9 Å². The van der Waals surface area contributed by atoms with Crippen LogP contribution >= 0.6 is 0 Å². The average molecular weight is 404 g/mol. The van der Waals surface area contributed by atoms with Crippen molar-refractivity contribution >= 4 is 5.82 Å². The van der Waals surface area contributed by atoms with E-state index in [2.05, 4.69) is 26.8 Å². The van der Waals surface area contributed by atoms with E-state index in [1.54, 1.807) is 6.08 Å². The topological polar surface area (TPSA) is 45.1 Å². The van der Waals surface area contributed by atoms with Crippen molar-refractivity contribution in [2.45, 2.75) is 58.0 Å². The first kappa shape index (κ1) is 20.3. The van der Waals surface area contributed by atoms with Crippen LogP contribution < -0.4 is 15.5 Å². The van der Waals surface area contributed by atoms with Crippen LogP contribution in [0, 0.1) is 0 Å². The van der Waals surface area contributed by atoms with Gasteiger partial charge in [0.25, 0.3) is 6.43 Å². The van der Waals surface area contributed by atoms with E-state index in [0.29, 0.717) is 6.04 Å². The van der Waals surface area contributed by atoms with E-state index < -0.39 is 6.43 Å². The van der Waals surface area contributed by atoms with Gasteiger partial charge in [-0.15, -0.1) is 0 Å². The van der Waals surface area contributed by atoms with Crippen molar-refractivity contribution in [2.24, 2.45) is 0 Å². The van der Waals surface area contributed by atoms with Gasteiger partial charge < -0.3 is 15.5 Å². The zero-order valence-corrected chi connectivity index (χ0v) is 17.2. The van der Waals surface area contributed by atoms with E-state index >= 15 is 0 Å². The summed E-state index contributed by atoms with van der Waals surface area (Å²) in [4.78, 5) is 2.16. The van der Waals surface area contributed by atoms with E-state index in [-0.39, 0.29) is 5.57 Å². The highest BCUT2D eigenvalue weighted by molar-refractivity contribution is 5.59. The fourth-order valence-corrected chi connectivity index (χ4v) is 4.70. The lowest BCUT2D eigenvalue weighted by atomic mass is 10.00. The molecule has 7 heteroatoms. The van der Waals surface area contributed by atoms with E-state index in [1.807, 2.05) is 6.92 Å². The van der Waals surface area contributed by atoms with E-state index in [0.717, 1.165) is 81.9 Å². The van der Waals surface area contributed by atoms with Crippen molar-refractivity contribution < 1.29 is 8.78 Å². The quantitative estimate of drug-likeness (QED) is 0.736. The number of aromatic nitrogens is 2. The third kappa shape index (κ3) is 4.03. The number of nitrogens with one attached hydrogen (secondary N) is 2. The number of nitrogens with zero attached hydrogens (tertiary/aromatic N) is 3. The summed E-state index contributed by atoms with van der Waals surface area (Å²) in [5.74, 6) is 0.939. The molecule has 1 aromatic rings. The van der Waals surface area contributed by atoms with Gasteiger partial charge in [0.05, 0.1) is 6.04 Å². The number of anilines is 1. The van der Waals surface area contributed by atoms with Crippen LogP contribution in [0.5, 0.6) is 0 Å². The minimum atomic E-state index is -2.53. The maximum absolute atomic E-state index is 13.4. The highest BCUT2D eigenvalue weighted by Gasteiger charge is 2.30. The Morgan fingerprint density at radius 1 is 1.21 bits per heavy atom. The first-order chi connectivity index (χ1) is 14.1. The summed E-state index contributed by atoms with van der Waals surface area (Å²) in [5, 5.41) is 12.0. The van der Waals surface area contributed by atoms with Crippen LogP contribution in [0.2, 0.25) is 0 Å². The van der Waals surface area contributed by atoms with Gasteiger partial charge in [0.15, 0.2) is 5.82 Å². The van der Waals surface area contributed by atoms with Crippen LogP contribution in [0.3, 0.4) is 0 Å². The molecule has 158 valence electrons. The third-order valence-corrected chi connectivity index (χ3v) is 6.30. The Bertz CT molecular complexity index is 817. The van der Waals surface area contributed by atoms with Crippen LogP contribution in [0.25, 0.3) is 0 Å². The maximum Gasteiger partial charge on any atom is 0.263 e. The minimum absolute atomic E-state index is 0.0315. The number of piperidine rings is 1. The molecule has 0 unspecified atom stereocenters. The SMILES string of the molecule is C=C/C(=C\C1=C(C)CCCN1c1nn(C2CCNCC2)c2c1CNCC2)C(F)F. The molecule has 1 fully saturated rings. The molecule has 4 heterocycles. The first-order valence-corrected chi connectivity index (χ1v) is 10.7. The summed E-state index contributed by atoms with van der Waals surface area (Å²) >= 11 is 0. The molecule has 0 amide bonds. The lowest BCUT2D eigenvalue weighted by molar-refractivity contribution is 0.194. The Morgan fingerprint density at radius 2 is 2.00 bits per heavy atom. The largest absolute Gasteiger partial charge is 0.325 e. The van der Waals surface area contributed by atoms with Gasteiger partial charge in [-0.1, -0.05) is 12.7 Å². The van der Waals surface area contributed by atoms with Crippen LogP contribution in [-0.2, 0) is 13.0 Å². The monoisotopic (exact) mass is 403 g/mol. The fourth-order valence-electron chi connectivity index (χ4n) is 4.70. The van der Waals surface area contributed by atoms with Crippen molar-refractivity contribution in [2.75, 3.05) is 31.1 Å². The van der Waals surface area contributed by atoms with Crippen LogP contribution in [0.15, 0.2) is 35.6 Å². The standard InChI is InChI=1S/C22H31F2N5/c1-3-16(21(23)24)13-20-15(2)5-4-12-28(20)22-18-14-26-11-8-19(18)29(27-22)17-6-9-25-10-7-17/h3,13,17,21,25-26H,1,4-12,14H2,2H3/b16-13+. The molecule has 1 saturated heterocycles. The molecule has 0 radical (unpaired) electrons. The first-order valence-electron chi connectivity index (χ1n) is 10.7. The normalized spacial score (nSPS) is 21.7. The Labute approximate surface area is 171 Å². The molecule has 1 aromatic heterocycles. The molecule has 2 N–H and O–H groups in total. The Kier molecular flexibility index (Phi) is 6.15. The number of alkyl halides is 2. The molecule has 0 aliphatic carbocycles. The van der Waals surface area contributed by atoms with Gasteiger partial charge in [0.1, 0.15) is 0 Å². The highest BCUT2D eigenvalue weighted by atomic mass is 19.3. The third-order valence-electron chi connectivity index (χ3n) is 6.30. The molecule has 3 aliphatic heterocycles.